The number of primary amides is 1. The van der Waals surface area contributed by atoms with E-state index in [9.17, 15) is 4.79 Å². The van der Waals surface area contributed by atoms with Crippen LogP contribution >= 0.6 is 0 Å². The number of hydrogen-bond acceptors (Lipinski definition) is 2. The van der Waals surface area contributed by atoms with Crippen LogP contribution in [-0.2, 0) is 4.79 Å². The molecule has 1 amide bonds. The Hall–Kier alpha value is -0.870. The van der Waals surface area contributed by atoms with Crippen molar-refractivity contribution in [3.8, 4) is 0 Å². The SMILES string of the molecule is C=CC(N)=O.CN.O. The first kappa shape index (κ1) is 15.7. The van der Waals surface area contributed by atoms with Crippen LogP contribution in [0.5, 0.6) is 0 Å². The Kier molecular flexibility index (Phi) is 32.3. The predicted molar refractivity (Wildman–Crippen MR) is 33.1 cm³/mol. The highest BCUT2D eigenvalue weighted by Gasteiger charge is 1.69. The zero-order valence-electron chi connectivity index (χ0n) is 4.85. The van der Waals surface area contributed by atoms with Crippen LogP contribution in [0.3, 0.4) is 0 Å². The van der Waals surface area contributed by atoms with Crippen LogP contribution in [-0.4, -0.2) is 18.4 Å². The first-order chi connectivity index (χ1) is 3.27. The normalized spacial score (nSPS) is 4.75. The fourth-order valence-corrected chi connectivity index (χ4v) is 0. The third kappa shape index (κ3) is 68.5. The molecule has 6 N–H and O–H groups in total. The van der Waals surface area contributed by atoms with Gasteiger partial charge in [-0.1, -0.05) is 6.58 Å². The Balaban J connectivity index is -0.0000000750. The molecule has 0 fully saturated rings. The molecule has 0 aromatic carbocycles. The van der Waals surface area contributed by atoms with Crippen LogP contribution < -0.4 is 11.5 Å². The van der Waals surface area contributed by atoms with Crippen molar-refractivity contribution in [1.82, 2.24) is 0 Å². The molecular weight excluding hydrogens is 108 g/mol. The van der Waals surface area contributed by atoms with Crippen molar-refractivity contribution in [1.29, 1.82) is 0 Å². The summed E-state index contributed by atoms with van der Waals surface area (Å²) in [6, 6.07) is 0. The minimum absolute atomic E-state index is 0. The summed E-state index contributed by atoms with van der Waals surface area (Å²) in [7, 11) is 1.50. The fraction of sp³-hybridized carbons (Fsp3) is 0.250. The Morgan fingerprint density at radius 3 is 1.75 bits per heavy atom. The molecule has 4 nitrogen and oxygen atoms in total. The van der Waals surface area contributed by atoms with Crippen LogP contribution in [0.15, 0.2) is 12.7 Å². The summed E-state index contributed by atoms with van der Waals surface area (Å²) in [4.78, 5) is 9.47. The van der Waals surface area contributed by atoms with Crippen molar-refractivity contribution in [2.24, 2.45) is 11.5 Å². The number of carbonyl (C=O) groups excluding carboxylic acids is 1. The highest BCUT2D eigenvalue weighted by Crippen LogP contribution is 1.48. The maximum Gasteiger partial charge on any atom is 0.240 e. The number of carbonyl (C=O) groups is 1. The van der Waals surface area contributed by atoms with Gasteiger partial charge in [0, 0.05) is 0 Å². The number of amides is 1. The van der Waals surface area contributed by atoms with Crippen molar-refractivity contribution in [3.05, 3.63) is 12.7 Å². The molecule has 0 aliphatic heterocycles. The van der Waals surface area contributed by atoms with Gasteiger partial charge < -0.3 is 16.9 Å². The van der Waals surface area contributed by atoms with Crippen molar-refractivity contribution in [2.75, 3.05) is 7.05 Å². The fourth-order valence-electron chi connectivity index (χ4n) is 0. The zero-order chi connectivity index (χ0) is 6.28. The standard InChI is InChI=1S/C3H5NO.CH5N.H2O/c1-2-3(4)5;1-2;/h2H,1H2,(H2,4,5);2H2,1H3;1H2. The van der Waals surface area contributed by atoms with Gasteiger partial charge in [-0.2, -0.15) is 0 Å². The molecule has 0 saturated carbocycles. The van der Waals surface area contributed by atoms with Gasteiger partial charge in [-0.3, -0.25) is 4.79 Å². The van der Waals surface area contributed by atoms with E-state index in [0.29, 0.717) is 0 Å². The van der Waals surface area contributed by atoms with Gasteiger partial charge in [-0.15, -0.1) is 0 Å². The summed E-state index contributed by atoms with van der Waals surface area (Å²) >= 11 is 0. The van der Waals surface area contributed by atoms with E-state index in [0.717, 1.165) is 6.08 Å². The van der Waals surface area contributed by atoms with E-state index in [1.807, 2.05) is 0 Å². The summed E-state index contributed by atoms with van der Waals surface area (Å²) < 4.78 is 0. The van der Waals surface area contributed by atoms with Gasteiger partial charge in [0.05, 0.1) is 0 Å². The molecule has 0 atom stereocenters. The maximum absolute atomic E-state index is 9.47. The number of nitrogens with two attached hydrogens (primary N) is 2. The molecule has 0 aromatic rings. The van der Waals surface area contributed by atoms with Crippen molar-refractivity contribution in [3.63, 3.8) is 0 Å². The molecule has 0 aromatic heterocycles. The Morgan fingerprint density at radius 2 is 1.75 bits per heavy atom. The third-order valence-electron chi connectivity index (χ3n) is 0.201. The average Bonchev–Trinajstić information content (AvgIpc) is 1.73. The van der Waals surface area contributed by atoms with E-state index >= 15 is 0 Å². The lowest BCUT2D eigenvalue weighted by Gasteiger charge is -1.65. The molecule has 0 spiro atoms. The van der Waals surface area contributed by atoms with Crippen LogP contribution in [0, 0.1) is 0 Å². The third-order valence-corrected chi connectivity index (χ3v) is 0.201. The topological polar surface area (TPSA) is 101 Å². The zero-order valence-corrected chi connectivity index (χ0v) is 4.85. The molecule has 4 heteroatoms. The van der Waals surface area contributed by atoms with Gasteiger partial charge in [0.1, 0.15) is 0 Å². The minimum atomic E-state index is -0.481. The molecular formula is C4H12N2O2. The van der Waals surface area contributed by atoms with Gasteiger partial charge in [0.2, 0.25) is 5.91 Å². The molecule has 0 saturated heterocycles. The summed E-state index contributed by atoms with van der Waals surface area (Å²) in [5.74, 6) is -0.481. The van der Waals surface area contributed by atoms with E-state index in [1.54, 1.807) is 0 Å². The molecule has 0 rings (SSSR count). The molecule has 0 aliphatic carbocycles. The molecule has 0 bridgehead atoms. The maximum atomic E-state index is 9.47. The Morgan fingerprint density at radius 1 is 1.62 bits per heavy atom. The highest BCUT2D eigenvalue weighted by atomic mass is 16.1. The smallest absolute Gasteiger partial charge is 0.240 e. The molecule has 8 heavy (non-hydrogen) atoms. The van der Waals surface area contributed by atoms with Gasteiger partial charge >= 0.3 is 0 Å². The van der Waals surface area contributed by atoms with E-state index in [2.05, 4.69) is 18.0 Å². The predicted octanol–water partition coefficient (Wildman–Crippen LogP) is -1.59. The lowest BCUT2D eigenvalue weighted by molar-refractivity contribution is -0.113. The highest BCUT2D eigenvalue weighted by molar-refractivity contribution is 5.84. The van der Waals surface area contributed by atoms with Crippen LogP contribution in [0.1, 0.15) is 0 Å². The van der Waals surface area contributed by atoms with Crippen molar-refractivity contribution < 1.29 is 10.3 Å². The monoisotopic (exact) mass is 120 g/mol. The Labute approximate surface area is 48.5 Å². The first-order valence-corrected chi connectivity index (χ1v) is 1.77. The molecule has 0 unspecified atom stereocenters. The van der Waals surface area contributed by atoms with E-state index in [1.165, 1.54) is 7.05 Å². The van der Waals surface area contributed by atoms with Crippen LogP contribution in [0.2, 0.25) is 0 Å². The average molecular weight is 120 g/mol. The van der Waals surface area contributed by atoms with Crippen molar-refractivity contribution in [2.45, 2.75) is 0 Å². The van der Waals surface area contributed by atoms with E-state index in [-0.39, 0.29) is 5.48 Å². The summed E-state index contributed by atoms with van der Waals surface area (Å²) in [5, 5.41) is 0. The molecule has 0 aliphatic rings. The molecule has 0 radical (unpaired) electrons. The summed E-state index contributed by atoms with van der Waals surface area (Å²) in [6.07, 6.45) is 1.06. The van der Waals surface area contributed by atoms with Crippen molar-refractivity contribution >= 4 is 5.91 Å². The second-order valence-electron chi connectivity index (χ2n) is 0.606. The first-order valence-electron chi connectivity index (χ1n) is 1.77. The molecule has 0 heterocycles. The van der Waals surface area contributed by atoms with Gasteiger partial charge in [-0.05, 0) is 13.1 Å². The summed E-state index contributed by atoms with van der Waals surface area (Å²) in [6.45, 7) is 3.09. The second kappa shape index (κ2) is 16.5. The van der Waals surface area contributed by atoms with Crippen LogP contribution in [0.25, 0.3) is 0 Å². The minimum Gasteiger partial charge on any atom is -0.412 e. The van der Waals surface area contributed by atoms with E-state index in [4.69, 9.17) is 0 Å². The lowest BCUT2D eigenvalue weighted by Crippen LogP contribution is -2.04. The van der Waals surface area contributed by atoms with Gasteiger partial charge in [-0.25, -0.2) is 0 Å². The Bertz CT molecular complexity index is 63.1. The van der Waals surface area contributed by atoms with E-state index < -0.39 is 5.91 Å². The quantitative estimate of drug-likeness (QED) is 0.407. The lowest BCUT2D eigenvalue weighted by atomic mass is 10.6. The number of rotatable bonds is 1. The van der Waals surface area contributed by atoms with Crippen LogP contribution in [0.4, 0.5) is 0 Å². The van der Waals surface area contributed by atoms with Gasteiger partial charge in [0.15, 0.2) is 0 Å². The summed E-state index contributed by atoms with van der Waals surface area (Å²) in [5.41, 5.74) is 9.03. The van der Waals surface area contributed by atoms with Gasteiger partial charge in [0.25, 0.3) is 0 Å². The largest absolute Gasteiger partial charge is 0.412 e. The second-order valence-corrected chi connectivity index (χ2v) is 0.606. The number of hydrogen-bond donors (Lipinski definition) is 2. The molecule has 50 valence electrons.